The number of benzene rings is 2. The molecule has 0 aliphatic heterocycles. The Kier molecular flexibility index (Phi) is 4.99. The Labute approximate surface area is 126 Å². The quantitative estimate of drug-likeness (QED) is 0.850. The van der Waals surface area contributed by atoms with Gasteiger partial charge in [-0.15, -0.1) is 0 Å². The van der Waals surface area contributed by atoms with Gasteiger partial charge in [0.05, 0.1) is 12.5 Å². The number of nitrogens with one attached hydrogen (secondary N) is 1. The summed E-state index contributed by atoms with van der Waals surface area (Å²) in [5.74, 6) is -0.304. The molecular formula is C18H22N2O. The van der Waals surface area contributed by atoms with E-state index in [0.29, 0.717) is 0 Å². The van der Waals surface area contributed by atoms with Crippen LogP contribution >= 0.6 is 0 Å². The molecule has 2 aromatic rings. The summed E-state index contributed by atoms with van der Waals surface area (Å²) in [5.41, 5.74) is 9.74. The van der Waals surface area contributed by atoms with E-state index in [-0.39, 0.29) is 18.4 Å². The van der Waals surface area contributed by atoms with Gasteiger partial charge >= 0.3 is 0 Å². The van der Waals surface area contributed by atoms with Crippen LogP contribution in [0.25, 0.3) is 0 Å². The van der Waals surface area contributed by atoms with Crippen molar-refractivity contribution in [3.63, 3.8) is 0 Å². The van der Waals surface area contributed by atoms with Crippen molar-refractivity contribution >= 4 is 11.6 Å². The molecule has 0 saturated carbocycles. The zero-order valence-electron chi connectivity index (χ0n) is 12.6. The molecule has 0 radical (unpaired) electrons. The first-order valence-electron chi connectivity index (χ1n) is 7.29. The lowest BCUT2D eigenvalue weighted by Gasteiger charge is -2.19. The standard InChI is InChI=1S/C18H22N2O/c1-3-17(15-8-4-13(2)5-9-15)20-16-10-6-14(7-11-16)12-18(19)21/h4-11,17,20H,3,12H2,1-2H3,(H2,19,21). The van der Waals surface area contributed by atoms with E-state index in [4.69, 9.17) is 5.73 Å². The number of nitrogens with two attached hydrogens (primary N) is 1. The lowest BCUT2D eigenvalue weighted by atomic mass is 10.0. The molecule has 3 heteroatoms. The molecule has 110 valence electrons. The minimum Gasteiger partial charge on any atom is -0.378 e. The van der Waals surface area contributed by atoms with Crippen LogP contribution in [0.2, 0.25) is 0 Å². The Balaban J connectivity index is 2.07. The van der Waals surface area contributed by atoms with Crippen LogP contribution in [-0.4, -0.2) is 5.91 Å². The highest BCUT2D eigenvalue weighted by Gasteiger charge is 2.09. The lowest BCUT2D eigenvalue weighted by Crippen LogP contribution is -2.13. The van der Waals surface area contributed by atoms with Gasteiger partial charge in [0.15, 0.2) is 0 Å². The van der Waals surface area contributed by atoms with Crippen molar-refractivity contribution in [3.8, 4) is 0 Å². The first-order chi connectivity index (χ1) is 10.1. The van der Waals surface area contributed by atoms with Gasteiger partial charge in [-0.3, -0.25) is 4.79 Å². The molecule has 0 bridgehead atoms. The van der Waals surface area contributed by atoms with Gasteiger partial charge in [-0.2, -0.15) is 0 Å². The summed E-state index contributed by atoms with van der Waals surface area (Å²) >= 11 is 0. The zero-order chi connectivity index (χ0) is 15.2. The molecule has 1 unspecified atom stereocenters. The number of aryl methyl sites for hydroxylation is 1. The molecule has 2 aromatic carbocycles. The van der Waals surface area contributed by atoms with Gasteiger partial charge in [0.25, 0.3) is 0 Å². The fourth-order valence-corrected chi connectivity index (χ4v) is 2.34. The van der Waals surface area contributed by atoms with Gasteiger partial charge in [0.1, 0.15) is 0 Å². The van der Waals surface area contributed by atoms with Gasteiger partial charge in [-0.25, -0.2) is 0 Å². The molecular weight excluding hydrogens is 260 g/mol. The fourth-order valence-electron chi connectivity index (χ4n) is 2.34. The summed E-state index contributed by atoms with van der Waals surface area (Å²) < 4.78 is 0. The highest BCUT2D eigenvalue weighted by atomic mass is 16.1. The average Bonchev–Trinajstić information content (AvgIpc) is 2.47. The van der Waals surface area contributed by atoms with E-state index >= 15 is 0 Å². The number of hydrogen-bond acceptors (Lipinski definition) is 2. The molecule has 0 spiro atoms. The average molecular weight is 282 g/mol. The van der Waals surface area contributed by atoms with Crippen LogP contribution in [0.3, 0.4) is 0 Å². The Hall–Kier alpha value is -2.29. The molecule has 0 fully saturated rings. The molecule has 3 nitrogen and oxygen atoms in total. The van der Waals surface area contributed by atoms with E-state index in [1.807, 2.05) is 24.3 Å². The van der Waals surface area contributed by atoms with Crippen LogP contribution in [-0.2, 0) is 11.2 Å². The van der Waals surface area contributed by atoms with Crippen molar-refractivity contribution in [2.75, 3.05) is 5.32 Å². The van der Waals surface area contributed by atoms with Crippen LogP contribution in [0.4, 0.5) is 5.69 Å². The predicted molar refractivity (Wildman–Crippen MR) is 87.2 cm³/mol. The normalized spacial score (nSPS) is 11.9. The van der Waals surface area contributed by atoms with E-state index < -0.39 is 0 Å². The van der Waals surface area contributed by atoms with Crippen LogP contribution in [0.5, 0.6) is 0 Å². The monoisotopic (exact) mass is 282 g/mol. The highest BCUT2D eigenvalue weighted by Crippen LogP contribution is 2.23. The molecule has 1 atom stereocenters. The summed E-state index contributed by atoms with van der Waals surface area (Å²) in [4.78, 5) is 10.9. The molecule has 21 heavy (non-hydrogen) atoms. The van der Waals surface area contributed by atoms with Gasteiger partial charge in [-0.05, 0) is 36.6 Å². The van der Waals surface area contributed by atoms with Crippen LogP contribution in [0.1, 0.15) is 36.1 Å². The Morgan fingerprint density at radius 1 is 1.10 bits per heavy atom. The van der Waals surface area contributed by atoms with E-state index in [1.54, 1.807) is 0 Å². The van der Waals surface area contributed by atoms with Gasteiger partial charge in [-0.1, -0.05) is 48.9 Å². The lowest BCUT2D eigenvalue weighted by molar-refractivity contribution is -0.117. The van der Waals surface area contributed by atoms with Gasteiger partial charge in [0, 0.05) is 5.69 Å². The third kappa shape index (κ3) is 4.35. The number of carbonyl (C=O) groups is 1. The van der Waals surface area contributed by atoms with Crippen LogP contribution in [0.15, 0.2) is 48.5 Å². The maximum atomic E-state index is 10.9. The second-order valence-electron chi connectivity index (χ2n) is 5.36. The summed E-state index contributed by atoms with van der Waals surface area (Å²) in [6.45, 7) is 4.26. The molecule has 3 N–H and O–H groups in total. The van der Waals surface area contributed by atoms with Crippen molar-refractivity contribution < 1.29 is 4.79 Å². The van der Waals surface area contributed by atoms with Crippen molar-refractivity contribution in [1.82, 2.24) is 0 Å². The molecule has 0 aliphatic rings. The largest absolute Gasteiger partial charge is 0.378 e. The topological polar surface area (TPSA) is 55.1 Å². The number of primary amides is 1. The van der Waals surface area contributed by atoms with Crippen molar-refractivity contribution in [3.05, 3.63) is 65.2 Å². The molecule has 0 saturated heterocycles. The maximum absolute atomic E-state index is 10.9. The second kappa shape index (κ2) is 6.93. The van der Waals surface area contributed by atoms with Crippen molar-refractivity contribution in [2.24, 2.45) is 5.73 Å². The summed E-state index contributed by atoms with van der Waals surface area (Å²) in [7, 11) is 0. The van der Waals surface area contributed by atoms with E-state index in [9.17, 15) is 4.79 Å². The third-order valence-electron chi connectivity index (χ3n) is 3.56. The van der Waals surface area contributed by atoms with E-state index in [0.717, 1.165) is 17.7 Å². The minimum atomic E-state index is -0.304. The van der Waals surface area contributed by atoms with E-state index in [2.05, 4.69) is 43.4 Å². The summed E-state index contributed by atoms with van der Waals surface area (Å²) in [6, 6.07) is 16.8. The Morgan fingerprint density at radius 2 is 1.71 bits per heavy atom. The number of rotatable bonds is 6. The highest BCUT2D eigenvalue weighted by molar-refractivity contribution is 5.76. The van der Waals surface area contributed by atoms with E-state index in [1.165, 1.54) is 11.1 Å². The van der Waals surface area contributed by atoms with Crippen molar-refractivity contribution in [1.29, 1.82) is 0 Å². The maximum Gasteiger partial charge on any atom is 0.221 e. The number of anilines is 1. The first kappa shape index (κ1) is 15.1. The molecule has 0 aliphatic carbocycles. The zero-order valence-corrected chi connectivity index (χ0v) is 12.6. The Morgan fingerprint density at radius 3 is 2.24 bits per heavy atom. The fraction of sp³-hybridized carbons (Fsp3) is 0.278. The van der Waals surface area contributed by atoms with Crippen molar-refractivity contribution in [2.45, 2.75) is 32.7 Å². The third-order valence-corrected chi connectivity index (χ3v) is 3.56. The number of hydrogen-bond donors (Lipinski definition) is 2. The molecule has 0 aromatic heterocycles. The van der Waals surface area contributed by atoms with Gasteiger partial charge < -0.3 is 11.1 Å². The predicted octanol–water partition coefficient (Wildman–Crippen LogP) is 3.59. The SMILES string of the molecule is CCC(Nc1ccc(CC(N)=O)cc1)c1ccc(C)cc1. The second-order valence-corrected chi connectivity index (χ2v) is 5.36. The summed E-state index contributed by atoms with van der Waals surface area (Å²) in [6.07, 6.45) is 1.29. The smallest absolute Gasteiger partial charge is 0.221 e. The molecule has 1 amide bonds. The number of amides is 1. The first-order valence-corrected chi connectivity index (χ1v) is 7.29. The Bertz CT molecular complexity index is 588. The molecule has 2 rings (SSSR count). The minimum absolute atomic E-state index is 0.285. The van der Waals surface area contributed by atoms with Crippen LogP contribution < -0.4 is 11.1 Å². The summed E-state index contributed by atoms with van der Waals surface area (Å²) in [5, 5.41) is 3.53. The molecule has 0 heterocycles. The van der Waals surface area contributed by atoms with Crippen LogP contribution in [0, 0.1) is 6.92 Å². The number of carbonyl (C=O) groups excluding carboxylic acids is 1. The van der Waals surface area contributed by atoms with Gasteiger partial charge in [0.2, 0.25) is 5.91 Å².